The van der Waals surface area contributed by atoms with Crippen molar-refractivity contribution in [3.63, 3.8) is 0 Å². The molecule has 0 unspecified atom stereocenters. The maximum Gasteiger partial charge on any atom is 0.300 e. The number of carboxylic acids is 1. The smallest absolute Gasteiger partial charge is 0.300 e. The van der Waals surface area contributed by atoms with Crippen molar-refractivity contribution in [3.05, 3.63) is 0 Å². The predicted octanol–water partition coefficient (Wildman–Crippen LogP) is 1.26. The molecule has 0 fully saturated rings. The Morgan fingerprint density at radius 3 is 1.89 bits per heavy atom. The van der Waals surface area contributed by atoms with Crippen LogP contribution in [0, 0.1) is 0 Å². The Kier molecular flexibility index (Phi) is 27.9. The first-order valence-corrected chi connectivity index (χ1v) is 2.56. The summed E-state index contributed by atoms with van der Waals surface area (Å²) in [6, 6.07) is 0. The molecule has 0 saturated carbocycles. The fourth-order valence-corrected chi connectivity index (χ4v) is 0. The highest BCUT2D eigenvalue weighted by Gasteiger charge is 1.65. The van der Waals surface area contributed by atoms with E-state index in [4.69, 9.17) is 21.7 Å². The molecule has 0 rings (SSSR count). The largest absolute Gasteiger partial charge is 0.481 e. The number of carboxylic acid groups (broad SMARTS) is 1. The third-order valence-electron chi connectivity index (χ3n) is 0.134. The van der Waals surface area contributed by atoms with E-state index in [0.717, 1.165) is 13.5 Å². The van der Waals surface area contributed by atoms with Gasteiger partial charge >= 0.3 is 0 Å². The van der Waals surface area contributed by atoms with Gasteiger partial charge in [-0.05, 0) is 11.8 Å². The van der Waals surface area contributed by atoms with E-state index in [1.807, 2.05) is 6.92 Å². The molecule has 0 aromatic rings. The van der Waals surface area contributed by atoms with Gasteiger partial charge in [0.05, 0.1) is 0 Å². The minimum Gasteiger partial charge on any atom is -0.481 e. The molecular weight excluding hydrogens is 165 g/mol. The lowest BCUT2D eigenvalue weighted by Gasteiger charge is -1.72. The number of hydrogen-bond acceptors (Lipinski definition) is 2. The first-order chi connectivity index (χ1) is 3.65. The van der Waals surface area contributed by atoms with Gasteiger partial charge in [-0.25, -0.2) is 4.84 Å². The lowest BCUT2D eigenvalue weighted by atomic mass is 10.8. The van der Waals surface area contributed by atoms with Crippen molar-refractivity contribution in [2.24, 2.45) is 0 Å². The second-order valence-electron chi connectivity index (χ2n) is 1.01. The normalized spacial score (nSPS) is 6.11. The molecule has 0 heterocycles. The van der Waals surface area contributed by atoms with Gasteiger partial charge in [0.1, 0.15) is 0 Å². The van der Waals surface area contributed by atoms with Crippen molar-refractivity contribution < 1.29 is 9.90 Å². The summed E-state index contributed by atoms with van der Waals surface area (Å²) in [7, 11) is 0. The molecule has 0 atom stereocenters. The molecule has 0 aromatic carbocycles. The van der Waals surface area contributed by atoms with Crippen LogP contribution < -0.4 is 4.84 Å². The number of halogens is 2. The topological polar surface area (TPSA) is 49.3 Å². The minimum atomic E-state index is -0.833. The fraction of sp³-hybridized carbons (Fsp3) is 0.750. The van der Waals surface area contributed by atoms with Gasteiger partial charge < -0.3 is 5.11 Å². The molecule has 5 heteroatoms. The van der Waals surface area contributed by atoms with E-state index in [9.17, 15) is 0 Å². The van der Waals surface area contributed by atoms with E-state index in [1.54, 1.807) is 0 Å². The quantitative estimate of drug-likeness (QED) is 0.591. The molecular formula is C4H11Cl2NO2. The molecule has 0 aliphatic heterocycles. The van der Waals surface area contributed by atoms with E-state index in [2.05, 4.69) is 4.84 Å². The van der Waals surface area contributed by atoms with Gasteiger partial charge in [0.25, 0.3) is 5.97 Å². The van der Waals surface area contributed by atoms with Crippen LogP contribution >= 0.6 is 24.2 Å². The second-order valence-corrected chi connectivity index (χ2v) is 1.27. The zero-order chi connectivity index (χ0) is 6.99. The van der Waals surface area contributed by atoms with Gasteiger partial charge in [0.2, 0.25) is 0 Å². The van der Waals surface area contributed by atoms with Gasteiger partial charge in [-0.2, -0.15) is 0 Å². The molecule has 0 saturated heterocycles. The van der Waals surface area contributed by atoms with E-state index < -0.39 is 5.97 Å². The Balaban J connectivity index is -0.0000000720. The van der Waals surface area contributed by atoms with E-state index in [-0.39, 0.29) is 12.4 Å². The van der Waals surface area contributed by atoms with Crippen LogP contribution in [0.5, 0.6) is 0 Å². The standard InChI is InChI=1S/C2H6ClN.C2H4O2.ClH/c1-2-4-3;1-2(3)4;/h4H,2H2,1H3;1H3,(H,3,4);1H. The van der Waals surface area contributed by atoms with Gasteiger partial charge in [-0.3, -0.25) is 4.79 Å². The van der Waals surface area contributed by atoms with E-state index in [0.29, 0.717) is 0 Å². The molecule has 2 N–H and O–H groups in total. The number of nitrogens with one attached hydrogen (secondary N) is 1. The van der Waals surface area contributed by atoms with E-state index >= 15 is 0 Å². The Morgan fingerprint density at radius 2 is 1.89 bits per heavy atom. The second kappa shape index (κ2) is 15.7. The lowest BCUT2D eigenvalue weighted by Crippen LogP contribution is -1.91. The van der Waals surface area contributed by atoms with Gasteiger partial charge in [0, 0.05) is 13.5 Å². The molecule has 0 aromatic heterocycles. The minimum absolute atomic E-state index is 0. The maximum atomic E-state index is 9.00. The SMILES string of the molecule is CC(=O)O.CCNCl.Cl. The highest BCUT2D eigenvalue weighted by Crippen LogP contribution is 1.52. The van der Waals surface area contributed by atoms with Gasteiger partial charge in [0.15, 0.2) is 0 Å². The zero-order valence-corrected chi connectivity index (χ0v) is 6.92. The first-order valence-electron chi connectivity index (χ1n) is 2.18. The van der Waals surface area contributed by atoms with Crippen molar-refractivity contribution in [2.45, 2.75) is 13.8 Å². The van der Waals surface area contributed by atoms with Crippen LogP contribution in [0.25, 0.3) is 0 Å². The molecule has 0 aliphatic carbocycles. The summed E-state index contributed by atoms with van der Waals surface area (Å²) in [5.41, 5.74) is 0. The van der Waals surface area contributed by atoms with Crippen molar-refractivity contribution >= 4 is 30.2 Å². The predicted molar refractivity (Wildman–Crippen MR) is 40.1 cm³/mol. The number of aliphatic carboxylic acids is 1. The summed E-state index contributed by atoms with van der Waals surface area (Å²) in [5, 5.41) is 7.42. The molecule has 58 valence electrons. The Bertz CT molecular complexity index is 54.5. The molecule has 0 amide bonds. The van der Waals surface area contributed by atoms with Crippen LogP contribution in [0.15, 0.2) is 0 Å². The highest BCUT2D eigenvalue weighted by atomic mass is 35.5. The first kappa shape index (κ1) is 16.0. The van der Waals surface area contributed by atoms with E-state index in [1.165, 1.54) is 0 Å². The number of rotatable bonds is 1. The van der Waals surface area contributed by atoms with Gasteiger partial charge in [-0.15, -0.1) is 12.4 Å². The summed E-state index contributed by atoms with van der Waals surface area (Å²) in [4.78, 5) is 11.4. The van der Waals surface area contributed by atoms with Gasteiger partial charge in [-0.1, -0.05) is 6.92 Å². The monoisotopic (exact) mass is 175 g/mol. The maximum absolute atomic E-state index is 9.00. The summed E-state index contributed by atoms with van der Waals surface area (Å²) in [6.45, 7) is 3.86. The third kappa shape index (κ3) is 284. The van der Waals surface area contributed by atoms with Crippen molar-refractivity contribution in [3.8, 4) is 0 Å². The summed E-state index contributed by atoms with van der Waals surface area (Å²) >= 11 is 4.94. The number of carbonyl (C=O) groups is 1. The zero-order valence-electron chi connectivity index (χ0n) is 5.35. The number of hydrogen-bond donors (Lipinski definition) is 2. The van der Waals surface area contributed by atoms with Crippen LogP contribution in [0.3, 0.4) is 0 Å². The van der Waals surface area contributed by atoms with Crippen molar-refractivity contribution in [1.82, 2.24) is 4.84 Å². The molecule has 0 aliphatic rings. The average molecular weight is 176 g/mol. The van der Waals surface area contributed by atoms with Crippen LogP contribution in [-0.4, -0.2) is 17.6 Å². The highest BCUT2D eigenvalue weighted by molar-refractivity contribution is 6.13. The summed E-state index contributed by atoms with van der Waals surface area (Å²) < 4.78 is 0. The van der Waals surface area contributed by atoms with Crippen molar-refractivity contribution in [2.75, 3.05) is 6.54 Å². The van der Waals surface area contributed by atoms with Crippen molar-refractivity contribution in [1.29, 1.82) is 0 Å². The van der Waals surface area contributed by atoms with Crippen LogP contribution in [0.4, 0.5) is 0 Å². The third-order valence-corrected chi connectivity index (χ3v) is 0.401. The lowest BCUT2D eigenvalue weighted by molar-refractivity contribution is -0.134. The fourth-order valence-electron chi connectivity index (χ4n) is 0. The molecule has 0 radical (unpaired) electrons. The molecule has 0 spiro atoms. The van der Waals surface area contributed by atoms with Crippen LogP contribution in [0.1, 0.15) is 13.8 Å². The van der Waals surface area contributed by atoms with Crippen LogP contribution in [-0.2, 0) is 4.79 Å². The Hall–Kier alpha value is 0.01000. The van der Waals surface area contributed by atoms with Crippen LogP contribution in [0.2, 0.25) is 0 Å². The molecule has 9 heavy (non-hydrogen) atoms. The summed E-state index contributed by atoms with van der Waals surface area (Å²) in [5.74, 6) is -0.833. The molecule has 0 bridgehead atoms. The Morgan fingerprint density at radius 1 is 1.78 bits per heavy atom. The summed E-state index contributed by atoms with van der Waals surface area (Å²) in [6.07, 6.45) is 0. The Labute approximate surface area is 65.9 Å². The molecule has 3 nitrogen and oxygen atoms in total. The average Bonchev–Trinajstić information content (AvgIpc) is 1.65.